The predicted molar refractivity (Wildman–Crippen MR) is 69.9 cm³/mol. The summed E-state index contributed by atoms with van der Waals surface area (Å²) in [6, 6.07) is -0.512. The third-order valence-electron chi connectivity index (χ3n) is 2.76. The van der Waals surface area contributed by atoms with Crippen LogP contribution in [-0.2, 0) is 30.2 Å². The van der Waals surface area contributed by atoms with Gasteiger partial charge in [-0.25, -0.2) is 4.79 Å². The van der Waals surface area contributed by atoms with Crippen LogP contribution in [0.25, 0.3) is 0 Å². The van der Waals surface area contributed by atoms with E-state index < -0.39 is 6.04 Å². The van der Waals surface area contributed by atoms with Crippen LogP contribution in [0.2, 0.25) is 0 Å². The number of nitrogens with one attached hydrogen (secondary N) is 1. The number of esters is 1. The summed E-state index contributed by atoms with van der Waals surface area (Å²) in [6.07, 6.45) is 1.47. The van der Waals surface area contributed by atoms with E-state index in [4.69, 9.17) is 4.74 Å². The third kappa shape index (κ3) is 3.54. The first-order chi connectivity index (χ1) is 8.88. The van der Waals surface area contributed by atoms with Crippen molar-refractivity contribution >= 4 is 5.97 Å². The zero-order chi connectivity index (χ0) is 14.6. The molecule has 1 N–H and O–H groups in total. The van der Waals surface area contributed by atoms with Crippen molar-refractivity contribution in [2.75, 3.05) is 6.61 Å². The van der Waals surface area contributed by atoms with Gasteiger partial charge in [-0.3, -0.25) is 14.2 Å². The number of ether oxygens (including phenoxy) is 1. The highest BCUT2D eigenvalue weighted by Gasteiger charge is 2.14. The van der Waals surface area contributed by atoms with Gasteiger partial charge in [0.15, 0.2) is 0 Å². The average molecular weight is 269 g/mol. The monoisotopic (exact) mass is 269 g/mol. The zero-order valence-electron chi connectivity index (χ0n) is 11.6. The van der Waals surface area contributed by atoms with Crippen LogP contribution in [0.4, 0.5) is 0 Å². The Hall–Kier alpha value is -1.89. The molecule has 0 radical (unpaired) electrons. The van der Waals surface area contributed by atoms with Crippen molar-refractivity contribution in [2.24, 2.45) is 14.1 Å². The Bertz CT molecular complexity index is 573. The van der Waals surface area contributed by atoms with Crippen LogP contribution in [-0.4, -0.2) is 27.8 Å². The molecule has 7 heteroatoms. The summed E-state index contributed by atoms with van der Waals surface area (Å²) >= 11 is 0. The fourth-order valence-corrected chi connectivity index (χ4v) is 1.62. The topological polar surface area (TPSA) is 82.3 Å². The second-order valence-corrected chi connectivity index (χ2v) is 4.27. The van der Waals surface area contributed by atoms with Gasteiger partial charge in [0, 0.05) is 32.4 Å². The van der Waals surface area contributed by atoms with Gasteiger partial charge in [-0.2, -0.15) is 0 Å². The van der Waals surface area contributed by atoms with Crippen LogP contribution in [0.5, 0.6) is 0 Å². The summed E-state index contributed by atoms with van der Waals surface area (Å²) in [4.78, 5) is 34.8. The summed E-state index contributed by atoms with van der Waals surface area (Å²) in [5.74, 6) is -0.371. The van der Waals surface area contributed by atoms with Crippen molar-refractivity contribution in [3.05, 3.63) is 32.6 Å². The molecule has 0 saturated heterocycles. The molecule has 0 saturated carbocycles. The molecular formula is C12H19N3O4. The number of carbonyl (C=O) groups is 1. The summed E-state index contributed by atoms with van der Waals surface area (Å²) in [5, 5.41) is 2.89. The highest BCUT2D eigenvalue weighted by Crippen LogP contribution is 1.92. The van der Waals surface area contributed by atoms with Crippen LogP contribution in [0, 0.1) is 0 Å². The second-order valence-electron chi connectivity index (χ2n) is 4.27. The smallest absolute Gasteiger partial charge is 0.330 e. The lowest BCUT2D eigenvalue weighted by molar-refractivity contribution is -0.145. The van der Waals surface area contributed by atoms with E-state index in [1.165, 1.54) is 17.8 Å². The Kier molecular flexibility index (Phi) is 5.05. The van der Waals surface area contributed by atoms with Crippen LogP contribution >= 0.6 is 0 Å². The standard InChI is InChI=1S/C12H19N3O4/c1-5-19-11(17)8(2)13-6-9-7-14(3)12(18)15(4)10(9)16/h7-8,13H,5-6H2,1-4H3. The van der Waals surface area contributed by atoms with Crippen molar-refractivity contribution in [1.29, 1.82) is 0 Å². The van der Waals surface area contributed by atoms with E-state index in [9.17, 15) is 14.4 Å². The molecule has 7 nitrogen and oxygen atoms in total. The molecule has 19 heavy (non-hydrogen) atoms. The van der Waals surface area contributed by atoms with E-state index >= 15 is 0 Å². The molecule has 106 valence electrons. The highest BCUT2D eigenvalue weighted by molar-refractivity contribution is 5.75. The molecule has 0 spiro atoms. The summed E-state index contributed by atoms with van der Waals surface area (Å²) in [5.41, 5.74) is -0.334. The van der Waals surface area contributed by atoms with Gasteiger partial charge in [0.1, 0.15) is 6.04 Å². The summed E-state index contributed by atoms with van der Waals surface area (Å²) < 4.78 is 7.21. The van der Waals surface area contributed by atoms with E-state index in [0.29, 0.717) is 12.2 Å². The Morgan fingerprint density at radius 3 is 2.63 bits per heavy atom. The minimum atomic E-state index is -0.512. The SMILES string of the molecule is CCOC(=O)C(C)NCc1cn(C)c(=O)n(C)c1=O. The Labute approximate surface area is 110 Å². The Morgan fingerprint density at radius 2 is 2.05 bits per heavy atom. The van der Waals surface area contributed by atoms with Crippen LogP contribution in [0.15, 0.2) is 15.8 Å². The maximum atomic E-state index is 11.8. The van der Waals surface area contributed by atoms with E-state index in [1.54, 1.807) is 20.9 Å². The van der Waals surface area contributed by atoms with Gasteiger partial charge in [0.25, 0.3) is 5.56 Å². The Balaban J connectivity index is 2.82. The van der Waals surface area contributed by atoms with E-state index in [0.717, 1.165) is 4.57 Å². The molecular weight excluding hydrogens is 250 g/mol. The van der Waals surface area contributed by atoms with Gasteiger partial charge < -0.3 is 14.6 Å². The van der Waals surface area contributed by atoms with Gasteiger partial charge >= 0.3 is 11.7 Å². The average Bonchev–Trinajstić information content (AvgIpc) is 2.38. The van der Waals surface area contributed by atoms with Crippen LogP contribution < -0.4 is 16.6 Å². The molecule has 0 aliphatic carbocycles. The molecule has 1 atom stereocenters. The van der Waals surface area contributed by atoms with Crippen molar-refractivity contribution in [1.82, 2.24) is 14.5 Å². The normalized spacial score (nSPS) is 12.2. The number of aryl methyl sites for hydroxylation is 1. The lowest BCUT2D eigenvalue weighted by atomic mass is 10.3. The number of carbonyl (C=O) groups excluding carboxylic acids is 1. The van der Waals surface area contributed by atoms with Gasteiger partial charge in [0.2, 0.25) is 0 Å². The fraction of sp³-hybridized carbons (Fsp3) is 0.583. The molecule has 1 rings (SSSR count). The molecule has 0 fully saturated rings. The van der Waals surface area contributed by atoms with E-state index in [2.05, 4.69) is 5.32 Å². The fourth-order valence-electron chi connectivity index (χ4n) is 1.62. The molecule has 0 aromatic carbocycles. The zero-order valence-corrected chi connectivity index (χ0v) is 11.6. The van der Waals surface area contributed by atoms with Gasteiger partial charge in [-0.05, 0) is 13.8 Å². The summed E-state index contributed by atoms with van der Waals surface area (Å²) in [7, 11) is 2.99. The minimum absolute atomic E-state index is 0.195. The predicted octanol–water partition coefficient (Wildman–Crippen LogP) is -0.875. The van der Waals surface area contributed by atoms with E-state index in [-0.39, 0.29) is 23.8 Å². The first-order valence-electron chi connectivity index (χ1n) is 6.04. The van der Waals surface area contributed by atoms with Crippen molar-refractivity contribution in [3.8, 4) is 0 Å². The molecule has 0 aliphatic rings. The Morgan fingerprint density at radius 1 is 1.42 bits per heavy atom. The molecule has 1 unspecified atom stereocenters. The maximum Gasteiger partial charge on any atom is 0.330 e. The van der Waals surface area contributed by atoms with Crippen LogP contribution in [0.1, 0.15) is 19.4 Å². The minimum Gasteiger partial charge on any atom is -0.465 e. The molecule has 1 aromatic heterocycles. The first kappa shape index (κ1) is 15.2. The van der Waals surface area contributed by atoms with Crippen LogP contribution in [0.3, 0.4) is 0 Å². The first-order valence-corrected chi connectivity index (χ1v) is 6.04. The quantitative estimate of drug-likeness (QED) is 0.702. The lowest BCUT2D eigenvalue weighted by Gasteiger charge is -2.13. The molecule has 1 aromatic rings. The third-order valence-corrected chi connectivity index (χ3v) is 2.76. The second kappa shape index (κ2) is 6.33. The largest absolute Gasteiger partial charge is 0.465 e. The molecule has 0 aliphatic heterocycles. The summed E-state index contributed by atoms with van der Waals surface area (Å²) in [6.45, 7) is 3.89. The number of hydrogen-bond donors (Lipinski definition) is 1. The number of aromatic nitrogens is 2. The van der Waals surface area contributed by atoms with E-state index in [1.807, 2.05) is 0 Å². The lowest BCUT2D eigenvalue weighted by Crippen LogP contribution is -2.41. The van der Waals surface area contributed by atoms with Crippen molar-refractivity contribution < 1.29 is 9.53 Å². The molecule has 0 amide bonds. The number of nitrogens with zero attached hydrogens (tertiary/aromatic N) is 2. The van der Waals surface area contributed by atoms with Gasteiger partial charge in [0.05, 0.1) is 6.61 Å². The number of rotatable bonds is 5. The van der Waals surface area contributed by atoms with Crippen molar-refractivity contribution in [2.45, 2.75) is 26.4 Å². The van der Waals surface area contributed by atoms with Gasteiger partial charge in [-0.1, -0.05) is 0 Å². The van der Waals surface area contributed by atoms with Crippen molar-refractivity contribution in [3.63, 3.8) is 0 Å². The maximum absolute atomic E-state index is 11.8. The van der Waals surface area contributed by atoms with Gasteiger partial charge in [-0.15, -0.1) is 0 Å². The highest BCUT2D eigenvalue weighted by atomic mass is 16.5. The molecule has 1 heterocycles. The molecule has 0 bridgehead atoms. The number of hydrogen-bond acceptors (Lipinski definition) is 5.